The van der Waals surface area contributed by atoms with E-state index < -0.39 is 17.8 Å². The molecule has 144 valence electrons. The van der Waals surface area contributed by atoms with Crippen LogP contribution in [0.25, 0.3) is 0 Å². The Bertz CT molecular complexity index is 782. The molecular formula is C20H22F3N3O. The summed E-state index contributed by atoms with van der Waals surface area (Å²) >= 11 is 0. The summed E-state index contributed by atoms with van der Waals surface area (Å²) in [4.78, 5) is 16.1. The summed E-state index contributed by atoms with van der Waals surface area (Å²) in [5.41, 5.74) is 1.30. The van der Waals surface area contributed by atoms with Gasteiger partial charge in [-0.15, -0.1) is 0 Å². The number of anilines is 2. The summed E-state index contributed by atoms with van der Waals surface area (Å²) in [6, 6.07) is 12.8. The number of amides is 2. The minimum atomic E-state index is -4.51. The molecular weight excluding hydrogens is 355 g/mol. The molecule has 0 atom stereocenters. The summed E-state index contributed by atoms with van der Waals surface area (Å²) in [7, 11) is 0. The zero-order chi connectivity index (χ0) is 19.4. The third-order valence-electron chi connectivity index (χ3n) is 4.75. The van der Waals surface area contributed by atoms with Gasteiger partial charge in [0.05, 0.1) is 11.3 Å². The van der Waals surface area contributed by atoms with Crippen molar-refractivity contribution in [3.63, 3.8) is 0 Å². The maximum Gasteiger partial charge on any atom is 0.418 e. The van der Waals surface area contributed by atoms with Crippen molar-refractivity contribution in [2.75, 3.05) is 36.4 Å². The van der Waals surface area contributed by atoms with Crippen molar-refractivity contribution in [1.82, 2.24) is 4.90 Å². The highest BCUT2D eigenvalue weighted by Crippen LogP contribution is 2.34. The van der Waals surface area contributed by atoms with E-state index in [9.17, 15) is 18.0 Å². The quantitative estimate of drug-likeness (QED) is 0.847. The van der Waals surface area contributed by atoms with Crippen LogP contribution < -0.4 is 10.2 Å². The largest absolute Gasteiger partial charge is 0.418 e. The predicted octanol–water partition coefficient (Wildman–Crippen LogP) is 4.62. The Kier molecular flexibility index (Phi) is 5.58. The highest BCUT2D eigenvalue weighted by Gasteiger charge is 2.34. The number of hydrogen-bond acceptors (Lipinski definition) is 2. The van der Waals surface area contributed by atoms with Crippen molar-refractivity contribution in [1.29, 1.82) is 0 Å². The minimum absolute atomic E-state index is 0.215. The van der Waals surface area contributed by atoms with Crippen molar-refractivity contribution < 1.29 is 18.0 Å². The van der Waals surface area contributed by atoms with Gasteiger partial charge in [0.25, 0.3) is 0 Å². The van der Waals surface area contributed by atoms with Gasteiger partial charge in [-0.25, -0.2) is 4.79 Å². The molecule has 0 saturated carbocycles. The number of carbonyl (C=O) groups is 1. The Morgan fingerprint density at radius 1 is 1.00 bits per heavy atom. The number of para-hydroxylation sites is 1. The molecule has 2 aromatic carbocycles. The third-order valence-corrected chi connectivity index (χ3v) is 4.75. The second-order valence-electron chi connectivity index (χ2n) is 6.47. The summed E-state index contributed by atoms with van der Waals surface area (Å²) in [6.07, 6.45) is -3.53. The fourth-order valence-corrected chi connectivity index (χ4v) is 3.14. The first-order chi connectivity index (χ1) is 12.9. The molecule has 2 amide bonds. The van der Waals surface area contributed by atoms with E-state index in [-0.39, 0.29) is 5.69 Å². The molecule has 0 aliphatic carbocycles. The molecule has 4 nitrogen and oxygen atoms in total. The lowest BCUT2D eigenvalue weighted by Gasteiger charge is -2.36. The van der Waals surface area contributed by atoms with E-state index in [1.165, 1.54) is 23.8 Å². The van der Waals surface area contributed by atoms with E-state index in [0.717, 1.165) is 18.2 Å². The Morgan fingerprint density at radius 2 is 1.63 bits per heavy atom. The maximum absolute atomic E-state index is 13.1. The minimum Gasteiger partial charge on any atom is -0.368 e. The zero-order valence-electron chi connectivity index (χ0n) is 15.1. The van der Waals surface area contributed by atoms with Crippen molar-refractivity contribution in [2.45, 2.75) is 19.5 Å². The van der Waals surface area contributed by atoms with Gasteiger partial charge in [-0.05, 0) is 36.2 Å². The second kappa shape index (κ2) is 7.90. The van der Waals surface area contributed by atoms with E-state index >= 15 is 0 Å². The Morgan fingerprint density at radius 3 is 2.22 bits per heavy atom. The van der Waals surface area contributed by atoms with Gasteiger partial charge in [0.15, 0.2) is 0 Å². The molecule has 0 spiro atoms. The molecule has 2 aromatic rings. The molecule has 0 bridgehead atoms. The number of urea groups is 1. The van der Waals surface area contributed by atoms with Crippen LogP contribution in [-0.4, -0.2) is 37.1 Å². The number of piperazine rings is 1. The third kappa shape index (κ3) is 4.53. The number of halogens is 3. The van der Waals surface area contributed by atoms with Crippen LogP contribution in [0.2, 0.25) is 0 Å². The van der Waals surface area contributed by atoms with Gasteiger partial charge in [0.1, 0.15) is 0 Å². The molecule has 1 saturated heterocycles. The maximum atomic E-state index is 13.1. The van der Waals surface area contributed by atoms with Crippen molar-refractivity contribution in [3.05, 3.63) is 59.7 Å². The van der Waals surface area contributed by atoms with Crippen molar-refractivity contribution in [3.8, 4) is 0 Å². The molecule has 0 radical (unpaired) electrons. The van der Waals surface area contributed by atoms with Gasteiger partial charge >= 0.3 is 12.2 Å². The van der Waals surface area contributed by atoms with E-state index in [4.69, 9.17) is 0 Å². The first kappa shape index (κ1) is 19.1. The average Bonchev–Trinajstić information content (AvgIpc) is 2.68. The van der Waals surface area contributed by atoms with Crippen LogP contribution in [0.1, 0.15) is 18.1 Å². The van der Waals surface area contributed by atoms with Gasteiger partial charge in [-0.3, -0.25) is 0 Å². The molecule has 3 rings (SSSR count). The van der Waals surface area contributed by atoms with Crippen LogP contribution >= 0.6 is 0 Å². The molecule has 0 unspecified atom stereocenters. The monoisotopic (exact) mass is 377 g/mol. The predicted molar refractivity (Wildman–Crippen MR) is 100 cm³/mol. The topological polar surface area (TPSA) is 35.6 Å². The molecule has 0 aromatic heterocycles. The molecule has 1 fully saturated rings. The van der Waals surface area contributed by atoms with Crippen LogP contribution in [0.5, 0.6) is 0 Å². The van der Waals surface area contributed by atoms with Crippen LogP contribution in [0.4, 0.5) is 29.3 Å². The number of nitrogens with zero attached hydrogens (tertiary/aromatic N) is 2. The first-order valence-electron chi connectivity index (χ1n) is 8.94. The van der Waals surface area contributed by atoms with E-state index in [0.29, 0.717) is 26.2 Å². The smallest absolute Gasteiger partial charge is 0.368 e. The van der Waals surface area contributed by atoms with E-state index in [1.807, 2.05) is 0 Å². The molecule has 1 N–H and O–H groups in total. The second-order valence-corrected chi connectivity index (χ2v) is 6.47. The molecule has 27 heavy (non-hydrogen) atoms. The van der Waals surface area contributed by atoms with Crippen LogP contribution in [-0.2, 0) is 12.6 Å². The number of rotatable bonds is 3. The summed E-state index contributed by atoms with van der Waals surface area (Å²) < 4.78 is 39.2. The van der Waals surface area contributed by atoms with Gasteiger partial charge in [-0.2, -0.15) is 13.2 Å². The fraction of sp³-hybridized carbons (Fsp3) is 0.350. The van der Waals surface area contributed by atoms with E-state index in [2.05, 4.69) is 41.4 Å². The summed E-state index contributed by atoms with van der Waals surface area (Å²) in [6.45, 7) is 4.29. The Labute approximate surface area is 156 Å². The highest BCUT2D eigenvalue weighted by atomic mass is 19.4. The lowest BCUT2D eigenvalue weighted by Crippen LogP contribution is -2.50. The average molecular weight is 377 g/mol. The zero-order valence-corrected chi connectivity index (χ0v) is 15.1. The summed E-state index contributed by atoms with van der Waals surface area (Å²) in [5.74, 6) is 0. The van der Waals surface area contributed by atoms with Crippen molar-refractivity contribution >= 4 is 17.4 Å². The Balaban J connectivity index is 1.60. The number of hydrogen-bond donors (Lipinski definition) is 1. The Hall–Kier alpha value is -2.70. The highest BCUT2D eigenvalue weighted by molar-refractivity contribution is 5.90. The number of alkyl halides is 3. The van der Waals surface area contributed by atoms with Crippen LogP contribution in [0, 0.1) is 0 Å². The van der Waals surface area contributed by atoms with E-state index in [1.54, 1.807) is 4.90 Å². The van der Waals surface area contributed by atoms with Gasteiger partial charge < -0.3 is 15.1 Å². The fourth-order valence-electron chi connectivity index (χ4n) is 3.14. The van der Waals surface area contributed by atoms with Gasteiger partial charge in [0, 0.05) is 31.9 Å². The number of nitrogens with one attached hydrogen (secondary N) is 1. The molecule has 7 heteroatoms. The molecule has 1 heterocycles. The first-order valence-corrected chi connectivity index (χ1v) is 8.94. The standard InChI is InChI=1S/C20H22F3N3O/c1-2-15-7-9-16(10-8-15)25-11-13-26(14-12-25)19(27)24-18-6-4-3-5-17(18)20(21,22)23/h3-10H,2,11-14H2,1H3,(H,24,27). The molecule has 1 aliphatic heterocycles. The molecule has 1 aliphatic rings. The number of carbonyl (C=O) groups excluding carboxylic acids is 1. The normalized spacial score (nSPS) is 15.0. The summed E-state index contributed by atoms with van der Waals surface area (Å²) in [5, 5.41) is 2.40. The number of aryl methyl sites for hydroxylation is 1. The lowest BCUT2D eigenvalue weighted by molar-refractivity contribution is -0.136. The SMILES string of the molecule is CCc1ccc(N2CCN(C(=O)Nc3ccccc3C(F)(F)F)CC2)cc1. The van der Waals surface area contributed by atoms with Crippen molar-refractivity contribution in [2.24, 2.45) is 0 Å². The van der Waals surface area contributed by atoms with Gasteiger partial charge in [-0.1, -0.05) is 31.2 Å². The van der Waals surface area contributed by atoms with Crippen LogP contribution in [0.3, 0.4) is 0 Å². The van der Waals surface area contributed by atoms with Gasteiger partial charge in [0.2, 0.25) is 0 Å². The van der Waals surface area contributed by atoms with Crippen LogP contribution in [0.15, 0.2) is 48.5 Å². The lowest BCUT2D eigenvalue weighted by atomic mass is 10.1. The number of benzene rings is 2.